The maximum absolute atomic E-state index is 13.3. The van der Waals surface area contributed by atoms with Crippen molar-refractivity contribution in [2.24, 2.45) is 5.10 Å². The quantitative estimate of drug-likeness (QED) is 0.293. The molecular weight excluding hydrogens is 476 g/mol. The molecule has 0 saturated heterocycles. The largest absolute Gasteiger partial charge is 0.317 e. The van der Waals surface area contributed by atoms with Gasteiger partial charge in [0, 0.05) is 27.3 Å². The molecule has 170 valence electrons. The lowest BCUT2D eigenvalue weighted by Gasteiger charge is -2.17. The number of halogens is 1. The summed E-state index contributed by atoms with van der Waals surface area (Å²) < 4.78 is 4.57. The van der Waals surface area contributed by atoms with Gasteiger partial charge in [0.15, 0.2) is 0 Å². The molecule has 2 aromatic heterocycles. The predicted octanol–water partition coefficient (Wildman–Crippen LogP) is 6.44. The van der Waals surface area contributed by atoms with Gasteiger partial charge in [0.1, 0.15) is 5.82 Å². The van der Waals surface area contributed by atoms with Gasteiger partial charge in [0.2, 0.25) is 0 Å². The number of hydrogen-bond acceptors (Lipinski definition) is 3. The summed E-state index contributed by atoms with van der Waals surface area (Å²) in [6, 6.07) is 14.1. The summed E-state index contributed by atoms with van der Waals surface area (Å²) in [6.07, 6.45) is 2.74. The van der Waals surface area contributed by atoms with Crippen molar-refractivity contribution in [1.29, 1.82) is 0 Å². The molecule has 0 amide bonds. The molecule has 2 heterocycles. The van der Waals surface area contributed by atoms with Crippen LogP contribution in [0.15, 0.2) is 56.8 Å². The van der Waals surface area contributed by atoms with Gasteiger partial charge < -0.3 is 4.57 Å². The van der Waals surface area contributed by atoms with E-state index >= 15 is 0 Å². The number of hydrogen-bond donors (Lipinski definition) is 0. The lowest BCUT2D eigenvalue weighted by molar-refractivity contribution is 0.665. The molecule has 5 nitrogen and oxygen atoms in total. The maximum atomic E-state index is 13.3. The van der Waals surface area contributed by atoms with Crippen LogP contribution in [-0.4, -0.2) is 20.4 Å². The van der Waals surface area contributed by atoms with Crippen LogP contribution in [0.1, 0.15) is 60.6 Å². The van der Waals surface area contributed by atoms with Crippen molar-refractivity contribution < 1.29 is 0 Å². The summed E-state index contributed by atoms with van der Waals surface area (Å²) in [5, 5.41) is 5.18. The minimum atomic E-state index is -0.165. The van der Waals surface area contributed by atoms with Gasteiger partial charge in [-0.05, 0) is 62.6 Å². The van der Waals surface area contributed by atoms with Crippen LogP contribution < -0.4 is 5.56 Å². The van der Waals surface area contributed by atoms with E-state index < -0.39 is 0 Å². The Kier molecular flexibility index (Phi) is 6.39. The Hall–Kier alpha value is -2.99. The minimum Gasteiger partial charge on any atom is -0.317 e. The number of para-hydroxylation sites is 1. The second-order valence-electron chi connectivity index (χ2n) is 8.75. The van der Waals surface area contributed by atoms with Gasteiger partial charge >= 0.3 is 0 Å². The summed E-state index contributed by atoms with van der Waals surface area (Å²) in [7, 11) is 0. The molecule has 0 atom stereocenters. The molecular formula is C27H29BrN4O. The van der Waals surface area contributed by atoms with Gasteiger partial charge in [-0.3, -0.25) is 4.79 Å². The Morgan fingerprint density at radius 2 is 1.88 bits per heavy atom. The maximum Gasteiger partial charge on any atom is 0.282 e. The molecule has 4 rings (SSSR count). The van der Waals surface area contributed by atoms with E-state index in [-0.39, 0.29) is 11.5 Å². The molecule has 0 unspecified atom stereocenters. The van der Waals surface area contributed by atoms with Crippen molar-refractivity contribution in [3.05, 3.63) is 91.2 Å². The lowest BCUT2D eigenvalue weighted by Crippen LogP contribution is -2.23. The second-order valence-corrected chi connectivity index (χ2v) is 9.66. The van der Waals surface area contributed by atoms with E-state index in [1.807, 2.05) is 26.0 Å². The highest BCUT2D eigenvalue weighted by Crippen LogP contribution is 2.26. The van der Waals surface area contributed by atoms with Crippen molar-refractivity contribution in [2.45, 2.75) is 53.9 Å². The van der Waals surface area contributed by atoms with Crippen molar-refractivity contribution in [3.8, 4) is 5.69 Å². The molecule has 4 aromatic rings. The van der Waals surface area contributed by atoms with Gasteiger partial charge in [-0.25, -0.2) is 4.98 Å². The normalized spacial score (nSPS) is 11.9. The van der Waals surface area contributed by atoms with Crippen LogP contribution in [0.5, 0.6) is 0 Å². The highest BCUT2D eigenvalue weighted by molar-refractivity contribution is 9.10. The highest BCUT2D eigenvalue weighted by atomic mass is 79.9. The smallest absolute Gasteiger partial charge is 0.282 e. The summed E-state index contributed by atoms with van der Waals surface area (Å²) in [5.74, 6) is 0.696. The van der Waals surface area contributed by atoms with Gasteiger partial charge in [-0.2, -0.15) is 9.78 Å². The van der Waals surface area contributed by atoms with E-state index in [2.05, 4.69) is 77.6 Å². The molecule has 0 bridgehead atoms. The van der Waals surface area contributed by atoms with Crippen LogP contribution in [-0.2, 0) is 6.42 Å². The molecule has 2 aromatic carbocycles. The van der Waals surface area contributed by atoms with Crippen molar-refractivity contribution in [3.63, 3.8) is 0 Å². The summed E-state index contributed by atoms with van der Waals surface area (Å²) >= 11 is 3.46. The zero-order chi connectivity index (χ0) is 23.9. The van der Waals surface area contributed by atoms with E-state index in [1.165, 1.54) is 21.5 Å². The second kappa shape index (κ2) is 9.10. The van der Waals surface area contributed by atoms with Crippen molar-refractivity contribution in [2.75, 3.05) is 0 Å². The first kappa shape index (κ1) is 23.2. The first-order valence-electron chi connectivity index (χ1n) is 11.3. The van der Waals surface area contributed by atoms with E-state index in [0.717, 1.165) is 27.8 Å². The molecule has 0 fully saturated rings. The van der Waals surface area contributed by atoms with Gasteiger partial charge in [0.25, 0.3) is 5.56 Å². The fourth-order valence-corrected chi connectivity index (χ4v) is 4.72. The van der Waals surface area contributed by atoms with Crippen molar-refractivity contribution >= 4 is 33.0 Å². The van der Waals surface area contributed by atoms with Crippen LogP contribution >= 0.6 is 15.9 Å². The lowest BCUT2D eigenvalue weighted by atomic mass is 10.1. The number of aryl methyl sites for hydroxylation is 3. The highest BCUT2D eigenvalue weighted by Gasteiger charge is 2.16. The van der Waals surface area contributed by atoms with Crippen LogP contribution in [0.3, 0.4) is 0 Å². The molecule has 0 N–H and O–H groups in total. The number of fused-ring (bicyclic) bond motifs is 1. The van der Waals surface area contributed by atoms with Crippen LogP contribution in [0.4, 0.5) is 0 Å². The third kappa shape index (κ3) is 4.20. The van der Waals surface area contributed by atoms with Crippen LogP contribution in [0, 0.1) is 20.8 Å². The fourth-order valence-electron chi connectivity index (χ4n) is 4.36. The van der Waals surface area contributed by atoms with Gasteiger partial charge in [0.05, 0.1) is 22.8 Å². The first-order valence-corrected chi connectivity index (χ1v) is 12.1. The Bertz CT molecular complexity index is 1440. The SMILES string of the molecule is CCc1cccc(C)c1-n1c(C)cc(C=Nn2c(C(C)C)nc3ccc(Br)cc3c2=O)c1C. The van der Waals surface area contributed by atoms with E-state index in [1.54, 1.807) is 12.3 Å². The summed E-state index contributed by atoms with van der Waals surface area (Å²) in [6.45, 7) is 12.6. The molecule has 0 aliphatic heterocycles. The van der Waals surface area contributed by atoms with E-state index in [0.29, 0.717) is 16.7 Å². The number of nitrogens with zero attached hydrogens (tertiary/aromatic N) is 4. The van der Waals surface area contributed by atoms with Crippen LogP contribution in [0.2, 0.25) is 0 Å². The molecule has 0 aliphatic rings. The third-order valence-electron chi connectivity index (χ3n) is 6.06. The van der Waals surface area contributed by atoms with E-state index in [4.69, 9.17) is 4.98 Å². The third-order valence-corrected chi connectivity index (χ3v) is 6.55. The minimum absolute atomic E-state index is 0.0504. The topological polar surface area (TPSA) is 52.2 Å². The summed E-state index contributed by atoms with van der Waals surface area (Å²) in [4.78, 5) is 18.1. The molecule has 33 heavy (non-hydrogen) atoms. The standard InChI is InChI=1S/C27H29BrN4O/c1-7-20-10-8-9-17(4)25(20)31-18(5)13-21(19(31)6)15-29-32-26(16(2)3)30-24-12-11-22(28)14-23(24)27(32)33/h8-16H,7H2,1-6H3. The average Bonchev–Trinajstić information content (AvgIpc) is 3.05. The number of aromatic nitrogens is 3. The van der Waals surface area contributed by atoms with Crippen molar-refractivity contribution in [1.82, 2.24) is 14.2 Å². The monoisotopic (exact) mass is 504 g/mol. The number of rotatable bonds is 5. The first-order chi connectivity index (χ1) is 15.7. The Morgan fingerprint density at radius 3 is 2.58 bits per heavy atom. The van der Waals surface area contributed by atoms with Crippen LogP contribution in [0.25, 0.3) is 16.6 Å². The zero-order valence-corrected chi connectivity index (χ0v) is 21.6. The zero-order valence-electron chi connectivity index (χ0n) is 20.0. The molecule has 0 radical (unpaired) electrons. The van der Waals surface area contributed by atoms with Gasteiger partial charge in [-0.15, -0.1) is 0 Å². The fraction of sp³-hybridized carbons (Fsp3) is 0.296. The predicted molar refractivity (Wildman–Crippen MR) is 140 cm³/mol. The Labute approximate surface area is 202 Å². The molecule has 6 heteroatoms. The molecule has 0 spiro atoms. The van der Waals surface area contributed by atoms with Gasteiger partial charge in [-0.1, -0.05) is 54.9 Å². The Balaban J connectivity index is 1.87. The number of benzene rings is 2. The van der Waals surface area contributed by atoms with E-state index in [9.17, 15) is 4.79 Å². The Morgan fingerprint density at radius 1 is 1.12 bits per heavy atom. The molecule has 0 saturated carbocycles. The summed E-state index contributed by atoms with van der Waals surface area (Å²) in [5.41, 5.74) is 7.50. The molecule has 0 aliphatic carbocycles. The average molecular weight is 505 g/mol.